The molecule has 1 aromatic carbocycles. The summed E-state index contributed by atoms with van der Waals surface area (Å²) in [7, 11) is 0. The van der Waals surface area contributed by atoms with Crippen molar-refractivity contribution in [2.24, 2.45) is 0 Å². The number of nitrogens with zero attached hydrogens (tertiary/aromatic N) is 2. The van der Waals surface area contributed by atoms with Crippen molar-refractivity contribution in [1.82, 2.24) is 9.47 Å². The first-order valence-electron chi connectivity index (χ1n) is 9.21. The van der Waals surface area contributed by atoms with Crippen molar-refractivity contribution in [2.75, 3.05) is 13.1 Å². The lowest BCUT2D eigenvalue weighted by molar-refractivity contribution is -0.132. The van der Waals surface area contributed by atoms with Gasteiger partial charge in [-0.25, -0.2) is 4.39 Å². The highest BCUT2D eigenvalue weighted by molar-refractivity contribution is 5.94. The van der Waals surface area contributed by atoms with Crippen molar-refractivity contribution >= 4 is 16.8 Å². The van der Waals surface area contributed by atoms with Crippen molar-refractivity contribution in [3.05, 3.63) is 35.3 Å². The predicted octanol–water partition coefficient (Wildman–Crippen LogP) is 4.48. The van der Waals surface area contributed by atoms with Gasteiger partial charge in [-0.15, -0.1) is 0 Å². The van der Waals surface area contributed by atoms with Crippen LogP contribution < -0.4 is 0 Å². The maximum Gasteiger partial charge on any atom is 0.230 e. The quantitative estimate of drug-likeness (QED) is 0.793. The van der Waals surface area contributed by atoms with Gasteiger partial charge >= 0.3 is 0 Å². The summed E-state index contributed by atoms with van der Waals surface area (Å²) >= 11 is 0. The molecule has 1 heterocycles. The van der Waals surface area contributed by atoms with Crippen LogP contribution in [-0.2, 0) is 17.8 Å². The summed E-state index contributed by atoms with van der Waals surface area (Å²) in [5.41, 5.74) is 3.40. The zero-order chi connectivity index (χ0) is 17.3. The van der Waals surface area contributed by atoms with E-state index < -0.39 is 0 Å². The summed E-state index contributed by atoms with van der Waals surface area (Å²) < 4.78 is 16.2. The molecule has 0 N–H and O–H groups in total. The first kappa shape index (κ1) is 17.0. The van der Waals surface area contributed by atoms with Crippen molar-refractivity contribution < 1.29 is 9.18 Å². The Morgan fingerprint density at radius 3 is 2.71 bits per heavy atom. The minimum Gasteiger partial charge on any atom is -0.344 e. The number of fused-ring (bicyclic) bond motifs is 3. The van der Waals surface area contributed by atoms with E-state index in [2.05, 4.69) is 11.5 Å². The van der Waals surface area contributed by atoms with Gasteiger partial charge < -0.3 is 9.47 Å². The Bertz CT molecular complexity index is 746. The molecule has 2 aromatic rings. The van der Waals surface area contributed by atoms with Crippen LogP contribution in [0.3, 0.4) is 0 Å². The number of likely N-dealkylation sites (N-methyl/N-ethyl adjacent to an activating group) is 1. The van der Waals surface area contributed by atoms with Crippen LogP contribution in [0.15, 0.2) is 18.2 Å². The van der Waals surface area contributed by atoms with Gasteiger partial charge in [0, 0.05) is 36.2 Å². The molecule has 24 heavy (non-hydrogen) atoms. The number of aromatic nitrogens is 1. The van der Waals surface area contributed by atoms with Crippen molar-refractivity contribution in [3.8, 4) is 0 Å². The SMILES string of the molecule is CCCn1c2c(c3cc(F)ccc31)C(C(=O)N(CC)CC)CCC2. The van der Waals surface area contributed by atoms with E-state index in [0.29, 0.717) is 0 Å². The molecule has 0 saturated heterocycles. The highest BCUT2D eigenvalue weighted by Crippen LogP contribution is 2.40. The minimum atomic E-state index is -0.224. The largest absolute Gasteiger partial charge is 0.344 e. The summed E-state index contributed by atoms with van der Waals surface area (Å²) in [4.78, 5) is 14.9. The monoisotopic (exact) mass is 330 g/mol. The molecule has 4 heteroatoms. The number of aryl methyl sites for hydroxylation is 1. The zero-order valence-corrected chi connectivity index (χ0v) is 14.9. The molecule has 0 fully saturated rings. The maximum atomic E-state index is 13.9. The van der Waals surface area contributed by atoms with Gasteiger partial charge in [-0.05, 0) is 63.3 Å². The molecule has 130 valence electrons. The highest BCUT2D eigenvalue weighted by Gasteiger charge is 2.33. The molecule has 3 rings (SSSR count). The van der Waals surface area contributed by atoms with Crippen molar-refractivity contribution in [2.45, 2.75) is 58.9 Å². The van der Waals surface area contributed by atoms with Gasteiger partial charge in [-0.2, -0.15) is 0 Å². The van der Waals surface area contributed by atoms with Gasteiger partial charge in [0.2, 0.25) is 5.91 Å². The summed E-state index contributed by atoms with van der Waals surface area (Å²) in [6, 6.07) is 5.02. The van der Waals surface area contributed by atoms with E-state index >= 15 is 0 Å². The Hall–Kier alpha value is -1.84. The van der Waals surface area contributed by atoms with E-state index in [1.165, 1.54) is 11.8 Å². The fourth-order valence-electron chi connectivity index (χ4n) is 4.16. The molecule has 1 aliphatic rings. The Kier molecular flexibility index (Phi) is 4.93. The first-order chi connectivity index (χ1) is 11.6. The third-order valence-electron chi connectivity index (χ3n) is 5.25. The van der Waals surface area contributed by atoms with E-state index in [4.69, 9.17) is 0 Å². The number of benzene rings is 1. The molecular formula is C20H27FN2O. The summed E-state index contributed by atoms with van der Waals surface area (Å²) in [5, 5.41) is 0.934. The second kappa shape index (κ2) is 6.96. The van der Waals surface area contributed by atoms with Gasteiger partial charge in [0.15, 0.2) is 0 Å². The molecular weight excluding hydrogens is 303 g/mol. The van der Waals surface area contributed by atoms with Crippen LogP contribution in [-0.4, -0.2) is 28.5 Å². The summed E-state index contributed by atoms with van der Waals surface area (Å²) in [5.74, 6) is -0.157. The topological polar surface area (TPSA) is 25.2 Å². The first-order valence-corrected chi connectivity index (χ1v) is 9.21. The standard InChI is InChI=1S/C20H27FN2O/c1-4-12-23-17-11-10-14(21)13-16(17)19-15(8-7-9-18(19)23)20(24)22(5-2)6-3/h10-11,13,15H,4-9,12H2,1-3H3. The van der Waals surface area contributed by atoms with Crippen LogP contribution >= 0.6 is 0 Å². The van der Waals surface area contributed by atoms with Crippen LogP contribution in [0.25, 0.3) is 10.9 Å². The molecule has 1 atom stereocenters. The van der Waals surface area contributed by atoms with Crippen LogP contribution in [0.4, 0.5) is 4.39 Å². The van der Waals surface area contributed by atoms with Crippen molar-refractivity contribution in [1.29, 1.82) is 0 Å². The lowest BCUT2D eigenvalue weighted by Crippen LogP contribution is -2.36. The van der Waals surface area contributed by atoms with Crippen LogP contribution in [0.5, 0.6) is 0 Å². The molecule has 0 saturated carbocycles. The Labute approximate surface area is 143 Å². The Morgan fingerprint density at radius 2 is 2.04 bits per heavy atom. The number of hydrogen-bond donors (Lipinski definition) is 0. The van der Waals surface area contributed by atoms with Gasteiger partial charge in [0.25, 0.3) is 0 Å². The number of carbonyl (C=O) groups is 1. The van der Waals surface area contributed by atoms with E-state index in [1.807, 2.05) is 24.8 Å². The normalized spacial score (nSPS) is 17.1. The Balaban J connectivity index is 2.18. The molecule has 0 radical (unpaired) electrons. The predicted molar refractivity (Wildman–Crippen MR) is 95.8 cm³/mol. The van der Waals surface area contributed by atoms with E-state index in [1.54, 1.807) is 6.07 Å². The number of carbonyl (C=O) groups excluding carboxylic acids is 1. The number of rotatable bonds is 5. The molecule has 1 aliphatic carbocycles. The van der Waals surface area contributed by atoms with Gasteiger partial charge in [0.1, 0.15) is 5.82 Å². The number of amides is 1. The number of halogens is 1. The summed E-state index contributed by atoms with van der Waals surface area (Å²) in [6.45, 7) is 8.56. The lowest BCUT2D eigenvalue weighted by atomic mass is 9.84. The zero-order valence-electron chi connectivity index (χ0n) is 14.9. The molecule has 0 aliphatic heterocycles. The molecule has 3 nitrogen and oxygen atoms in total. The second-order valence-electron chi connectivity index (χ2n) is 6.63. The molecule has 1 amide bonds. The average molecular weight is 330 g/mol. The average Bonchev–Trinajstić information content (AvgIpc) is 2.90. The fraction of sp³-hybridized carbons (Fsp3) is 0.550. The number of hydrogen-bond acceptors (Lipinski definition) is 1. The molecule has 1 unspecified atom stereocenters. The van der Waals surface area contributed by atoms with E-state index in [0.717, 1.165) is 61.8 Å². The van der Waals surface area contributed by atoms with Gasteiger partial charge in [-0.1, -0.05) is 6.92 Å². The fourth-order valence-corrected chi connectivity index (χ4v) is 4.16. The third kappa shape index (κ3) is 2.72. The molecule has 1 aromatic heterocycles. The van der Waals surface area contributed by atoms with Crippen LogP contribution in [0.2, 0.25) is 0 Å². The third-order valence-corrected chi connectivity index (χ3v) is 5.25. The van der Waals surface area contributed by atoms with Crippen molar-refractivity contribution in [3.63, 3.8) is 0 Å². The smallest absolute Gasteiger partial charge is 0.230 e. The van der Waals surface area contributed by atoms with E-state index in [9.17, 15) is 9.18 Å². The van der Waals surface area contributed by atoms with Gasteiger partial charge in [-0.3, -0.25) is 4.79 Å². The second-order valence-corrected chi connectivity index (χ2v) is 6.63. The molecule has 0 spiro atoms. The Morgan fingerprint density at radius 1 is 1.29 bits per heavy atom. The van der Waals surface area contributed by atoms with E-state index in [-0.39, 0.29) is 17.6 Å². The maximum absolute atomic E-state index is 13.9. The lowest BCUT2D eigenvalue weighted by Gasteiger charge is -2.29. The summed E-state index contributed by atoms with van der Waals surface area (Å²) in [6.07, 6.45) is 3.90. The molecule has 0 bridgehead atoms. The van der Waals surface area contributed by atoms with Crippen LogP contribution in [0, 0.1) is 5.82 Å². The van der Waals surface area contributed by atoms with Crippen LogP contribution in [0.1, 0.15) is 57.2 Å². The highest BCUT2D eigenvalue weighted by atomic mass is 19.1. The minimum absolute atomic E-state index is 0.129. The van der Waals surface area contributed by atoms with Gasteiger partial charge in [0.05, 0.1) is 5.92 Å².